The maximum atomic E-state index is 5.94. The molecule has 2 N–H and O–H groups in total. The van der Waals surface area contributed by atoms with Crippen LogP contribution in [-0.2, 0) is 6.61 Å². The van der Waals surface area contributed by atoms with E-state index in [9.17, 15) is 0 Å². The molecule has 2 aromatic carbocycles. The molecule has 0 spiro atoms. The van der Waals surface area contributed by atoms with Crippen molar-refractivity contribution in [3.05, 3.63) is 71.3 Å². The van der Waals surface area contributed by atoms with Crippen molar-refractivity contribution in [2.45, 2.75) is 20.5 Å². The SMILES string of the molecule is C=CCNC(=S)N/N=C\c1ccc(OCc2cc(C)cc(C)c2)c(OC)c1. The second-order valence-corrected chi connectivity index (χ2v) is 6.47. The van der Waals surface area contributed by atoms with Gasteiger partial charge in [0.1, 0.15) is 6.61 Å². The normalized spacial score (nSPS) is 10.5. The zero-order chi connectivity index (χ0) is 19.6. The van der Waals surface area contributed by atoms with Gasteiger partial charge in [-0.3, -0.25) is 5.43 Å². The third-order valence-corrected chi connectivity index (χ3v) is 3.89. The van der Waals surface area contributed by atoms with Crippen LogP contribution in [0.4, 0.5) is 0 Å². The van der Waals surface area contributed by atoms with Crippen LogP contribution in [0, 0.1) is 13.8 Å². The number of thiocarbonyl (C=S) groups is 1. The number of nitrogens with zero attached hydrogens (tertiary/aromatic N) is 1. The van der Waals surface area contributed by atoms with Crippen molar-refractivity contribution in [1.82, 2.24) is 10.7 Å². The lowest BCUT2D eigenvalue weighted by Gasteiger charge is -2.12. The van der Waals surface area contributed by atoms with Crippen LogP contribution in [0.3, 0.4) is 0 Å². The van der Waals surface area contributed by atoms with Crippen molar-refractivity contribution in [1.29, 1.82) is 0 Å². The van der Waals surface area contributed by atoms with Crippen LogP contribution >= 0.6 is 12.2 Å². The highest BCUT2D eigenvalue weighted by atomic mass is 32.1. The van der Waals surface area contributed by atoms with Crippen molar-refractivity contribution in [3.63, 3.8) is 0 Å². The Morgan fingerprint density at radius 3 is 2.56 bits per heavy atom. The van der Waals surface area contributed by atoms with Gasteiger partial charge in [-0.15, -0.1) is 6.58 Å². The van der Waals surface area contributed by atoms with Gasteiger partial charge in [0.25, 0.3) is 0 Å². The molecule has 5 nitrogen and oxygen atoms in total. The molecule has 0 aliphatic heterocycles. The molecule has 0 aliphatic carbocycles. The van der Waals surface area contributed by atoms with E-state index >= 15 is 0 Å². The molecule has 0 saturated carbocycles. The van der Waals surface area contributed by atoms with Gasteiger partial charge in [-0.1, -0.05) is 35.4 Å². The standard InChI is InChI=1S/C21H25N3O2S/c1-5-8-22-21(27)24-23-13-17-6-7-19(20(12-17)25-4)26-14-18-10-15(2)9-16(3)11-18/h5-7,9-13H,1,8,14H2,2-4H3,(H2,22,24,27)/b23-13-. The van der Waals surface area contributed by atoms with Gasteiger partial charge in [-0.25, -0.2) is 0 Å². The summed E-state index contributed by atoms with van der Waals surface area (Å²) in [7, 11) is 1.62. The number of rotatable bonds is 8. The van der Waals surface area contributed by atoms with Crippen LogP contribution in [0.1, 0.15) is 22.3 Å². The second-order valence-electron chi connectivity index (χ2n) is 6.06. The summed E-state index contributed by atoms with van der Waals surface area (Å²) in [5.74, 6) is 1.33. The highest BCUT2D eigenvalue weighted by Crippen LogP contribution is 2.28. The lowest BCUT2D eigenvalue weighted by molar-refractivity contribution is 0.284. The third kappa shape index (κ3) is 6.75. The highest BCUT2D eigenvalue weighted by Gasteiger charge is 2.06. The highest BCUT2D eigenvalue weighted by molar-refractivity contribution is 7.80. The van der Waals surface area contributed by atoms with E-state index in [4.69, 9.17) is 21.7 Å². The third-order valence-electron chi connectivity index (χ3n) is 3.65. The monoisotopic (exact) mass is 383 g/mol. The average Bonchev–Trinajstić information content (AvgIpc) is 2.64. The lowest BCUT2D eigenvalue weighted by Crippen LogP contribution is -2.31. The smallest absolute Gasteiger partial charge is 0.187 e. The number of hydrogen-bond acceptors (Lipinski definition) is 4. The quantitative estimate of drug-likeness (QED) is 0.314. The van der Waals surface area contributed by atoms with E-state index in [2.05, 4.69) is 54.5 Å². The van der Waals surface area contributed by atoms with Crippen molar-refractivity contribution in [3.8, 4) is 11.5 Å². The van der Waals surface area contributed by atoms with E-state index in [1.165, 1.54) is 11.1 Å². The van der Waals surface area contributed by atoms with Crippen LogP contribution in [0.2, 0.25) is 0 Å². The fourth-order valence-corrected chi connectivity index (χ4v) is 2.70. The summed E-state index contributed by atoms with van der Waals surface area (Å²) in [5, 5.41) is 7.47. The first-order valence-electron chi connectivity index (χ1n) is 8.57. The first-order valence-corrected chi connectivity index (χ1v) is 8.98. The summed E-state index contributed by atoms with van der Waals surface area (Å²) in [6.45, 7) is 8.85. The zero-order valence-electron chi connectivity index (χ0n) is 15.9. The predicted octanol–water partition coefficient (Wildman–Crippen LogP) is 3.88. The van der Waals surface area contributed by atoms with Crippen molar-refractivity contribution in [2.75, 3.05) is 13.7 Å². The number of ether oxygens (including phenoxy) is 2. The molecule has 2 aromatic rings. The molecule has 6 heteroatoms. The Bertz CT molecular complexity index is 814. The van der Waals surface area contributed by atoms with Gasteiger partial charge in [0, 0.05) is 6.54 Å². The Labute approximate surface area is 166 Å². The molecule has 0 heterocycles. The summed E-state index contributed by atoms with van der Waals surface area (Å²) in [6, 6.07) is 12.0. The summed E-state index contributed by atoms with van der Waals surface area (Å²) in [5.41, 5.74) is 7.18. The first kappa shape index (κ1) is 20.5. The van der Waals surface area contributed by atoms with Crippen LogP contribution < -0.4 is 20.2 Å². The Kier molecular flexibility index (Phi) is 7.82. The number of methoxy groups -OCH3 is 1. The number of hydrazone groups is 1. The minimum atomic E-state index is 0.437. The van der Waals surface area contributed by atoms with Crippen molar-refractivity contribution in [2.24, 2.45) is 5.10 Å². The van der Waals surface area contributed by atoms with E-state index in [0.29, 0.717) is 29.8 Å². The molecule has 0 aromatic heterocycles. The Morgan fingerprint density at radius 2 is 1.89 bits per heavy atom. The van der Waals surface area contributed by atoms with E-state index in [0.717, 1.165) is 11.1 Å². The Balaban J connectivity index is 2.00. The van der Waals surface area contributed by atoms with E-state index in [1.54, 1.807) is 19.4 Å². The number of benzene rings is 2. The van der Waals surface area contributed by atoms with Gasteiger partial charge in [0.05, 0.1) is 13.3 Å². The summed E-state index contributed by atoms with van der Waals surface area (Å²) >= 11 is 5.07. The summed E-state index contributed by atoms with van der Waals surface area (Å²) in [4.78, 5) is 0. The zero-order valence-corrected chi connectivity index (χ0v) is 16.7. The maximum absolute atomic E-state index is 5.94. The van der Waals surface area contributed by atoms with Crippen molar-refractivity contribution >= 4 is 23.5 Å². The second kappa shape index (κ2) is 10.3. The molecule has 0 amide bonds. The van der Waals surface area contributed by atoms with Crippen LogP contribution in [0.15, 0.2) is 54.2 Å². The van der Waals surface area contributed by atoms with Crippen LogP contribution in [-0.4, -0.2) is 25.0 Å². The van der Waals surface area contributed by atoms with E-state index in [-0.39, 0.29) is 0 Å². The molecule has 0 atom stereocenters. The fourth-order valence-electron chi connectivity index (χ4n) is 2.57. The molecule has 0 radical (unpaired) electrons. The Hall–Kier alpha value is -2.86. The van der Waals surface area contributed by atoms with E-state index in [1.807, 2.05) is 18.2 Å². The van der Waals surface area contributed by atoms with Crippen LogP contribution in [0.5, 0.6) is 11.5 Å². The number of hydrogen-bond donors (Lipinski definition) is 2. The molecule has 2 rings (SSSR count). The summed E-state index contributed by atoms with van der Waals surface area (Å²) in [6.07, 6.45) is 3.39. The fraction of sp³-hybridized carbons (Fsp3) is 0.238. The molecule has 27 heavy (non-hydrogen) atoms. The van der Waals surface area contributed by atoms with Gasteiger partial charge < -0.3 is 14.8 Å². The molecule has 0 saturated heterocycles. The molecule has 0 fully saturated rings. The maximum Gasteiger partial charge on any atom is 0.187 e. The molecule has 0 unspecified atom stereocenters. The lowest BCUT2D eigenvalue weighted by atomic mass is 10.1. The molecule has 0 bridgehead atoms. The van der Waals surface area contributed by atoms with Gasteiger partial charge >= 0.3 is 0 Å². The van der Waals surface area contributed by atoms with E-state index < -0.39 is 0 Å². The van der Waals surface area contributed by atoms with Gasteiger partial charge in [-0.05, 0) is 55.4 Å². The molecular weight excluding hydrogens is 358 g/mol. The molecule has 0 aliphatic rings. The van der Waals surface area contributed by atoms with Crippen LogP contribution in [0.25, 0.3) is 0 Å². The average molecular weight is 384 g/mol. The Morgan fingerprint density at radius 1 is 1.15 bits per heavy atom. The number of nitrogens with one attached hydrogen (secondary N) is 2. The minimum Gasteiger partial charge on any atom is -0.493 e. The van der Waals surface area contributed by atoms with Crippen molar-refractivity contribution < 1.29 is 9.47 Å². The van der Waals surface area contributed by atoms with Gasteiger partial charge in [0.15, 0.2) is 16.6 Å². The molecule has 142 valence electrons. The topological polar surface area (TPSA) is 54.9 Å². The summed E-state index contributed by atoms with van der Waals surface area (Å²) < 4.78 is 11.4. The number of aryl methyl sites for hydroxylation is 2. The van der Waals surface area contributed by atoms with Gasteiger partial charge in [0.2, 0.25) is 0 Å². The molecular formula is C21H25N3O2S. The largest absolute Gasteiger partial charge is 0.493 e. The minimum absolute atomic E-state index is 0.437. The van der Waals surface area contributed by atoms with Gasteiger partial charge in [-0.2, -0.15) is 5.10 Å². The predicted molar refractivity (Wildman–Crippen MR) is 115 cm³/mol. The first-order chi connectivity index (χ1) is 13.0.